The summed E-state index contributed by atoms with van der Waals surface area (Å²) in [6, 6.07) is 10.6. The van der Waals surface area contributed by atoms with E-state index in [1.54, 1.807) is 0 Å². The molecule has 3 N–H and O–H groups in total. The largest absolute Gasteiger partial charge is 0.480 e. The van der Waals surface area contributed by atoms with Crippen LogP contribution in [0.1, 0.15) is 52.0 Å². The molecule has 0 atom stereocenters. The first-order chi connectivity index (χ1) is 12.9. The van der Waals surface area contributed by atoms with Gasteiger partial charge in [-0.05, 0) is 37.8 Å². The molecule has 2 rings (SSSR count). The second-order valence-corrected chi connectivity index (χ2v) is 7.46. The van der Waals surface area contributed by atoms with Gasteiger partial charge in [0.05, 0.1) is 6.54 Å². The average Bonchev–Trinajstić information content (AvgIpc) is 2.64. The van der Waals surface area contributed by atoms with E-state index in [2.05, 4.69) is 36.6 Å². The monoisotopic (exact) mass is 375 g/mol. The number of benzene rings is 1. The van der Waals surface area contributed by atoms with Crippen LogP contribution in [-0.2, 0) is 10.2 Å². The molecule has 0 radical (unpaired) electrons. The van der Waals surface area contributed by atoms with Gasteiger partial charge in [0.15, 0.2) is 0 Å². The van der Waals surface area contributed by atoms with Crippen LogP contribution in [0.25, 0.3) is 0 Å². The minimum atomic E-state index is -0.803. The number of carbonyl (C=O) groups is 2. The van der Waals surface area contributed by atoms with E-state index in [4.69, 9.17) is 5.11 Å². The van der Waals surface area contributed by atoms with Gasteiger partial charge in [-0.3, -0.25) is 9.69 Å². The molecule has 1 saturated carbocycles. The quantitative estimate of drug-likeness (QED) is 0.587. The van der Waals surface area contributed by atoms with Crippen molar-refractivity contribution in [2.24, 2.45) is 0 Å². The molecule has 1 aromatic rings. The summed E-state index contributed by atoms with van der Waals surface area (Å²) in [6.07, 6.45) is 3.53. The van der Waals surface area contributed by atoms with Gasteiger partial charge in [-0.2, -0.15) is 0 Å². The number of amides is 2. The van der Waals surface area contributed by atoms with Crippen LogP contribution in [0.15, 0.2) is 30.3 Å². The lowest BCUT2D eigenvalue weighted by molar-refractivity contribution is -0.139. The van der Waals surface area contributed by atoms with Crippen molar-refractivity contribution >= 4 is 12.0 Å². The predicted octanol–water partition coefficient (Wildman–Crippen LogP) is 2.98. The van der Waals surface area contributed by atoms with E-state index in [9.17, 15) is 9.59 Å². The number of nitrogens with one attached hydrogen (secondary N) is 2. The summed E-state index contributed by atoms with van der Waals surface area (Å²) in [4.78, 5) is 25.2. The molecule has 0 spiro atoms. The van der Waals surface area contributed by atoms with E-state index in [0.717, 1.165) is 25.7 Å². The topological polar surface area (TPSA) is 81.7 Å². The van der Waals surface area contributed by atoms with Crippen molar-refractivity contribution in [1.29, 1.82) is 0 Å². The second-order valence-electron chi connectivity index (χ2n) is 7.46. The van der Waals surface area contributed by atoms with E-state index in [1.165, 1.54) is 5.56 Å². The zero-order chi connectivity index (χ0) is 19.9. The minimum Gasteiger partial charge on any atom is -0.480 e. The second kappa shape index (κ2) is 9.74. The Morgan fingerprint density at radius 3 is 2.30 bits per heavy atom. The van der Waals surface area contributed by atoms with Crippen molar-refractivity contribution < 1.29 is 14.7 Å². The third-order valence-corrected chi connectivity index (χ3v) is 6.04. The van der Waals surface area contributed by atoms with Gasteiger partial charge >= 0.3 is 12.0 Å². The first-order valence-corrected chi connectivity index (χ1v) is 9.99. The number of aliphatic carboxylic acids is 1. The molecule has 1 fully saturated rings. The average molecular weight is 376 g/mol. The van der Waals surface area contributed by atoms with Gasteiger partial charge in [0.25, 0.3) is 0 Å². The molecule has 0 aromatic heterocycles. The van der Waals surface area contributed by atoms with Crippen LogP contribution < -0.4 is 10.6 Å². The van der Waals surface area contributed by atoms with Crippen molar-refractivity contribution in [3.8, 4) is 0 Å². The first kappa shape index (κ1) is 21.2. The first-order valence-electron chi connectivity index (χ1n) is 9.99. The summed E-state index contributed by atoms with van der Waals surface area (Å²) in [7, 11) is 0. The Labute approximate surface area is 162 Å². The number of carboxylic acid groups (broad SMARTS) is 1. The van der Waals surface area contributed by atoms with E-state index < -0.39 is 5.97 Å². The van der Waals surface area contributed by atoms with Gasteiger partial charge < -0.3 is 15.7 Å². The Morgan fingerprint density at radius 1 is 1.15 bits per heavy atom. The van der Waals surface area contributed by atoms with Crippen LogP contribution >= 0.6 is 0 Å². The SMILES string of the molecule is CCN(CC(=O)O)C1CC(NC(=O)NCC(CC)(CC)c2ccccc2)C1. The predicted molar refractivity (Wildman–Crippen MR) is 107 cm³/mol. The maximum atomic E-state index is 12.3. The number of hydrogen-bond donors (Lipinski definition) is 3. The third kappa shape index (κ3) is 5.45. The van der Waals surface area contributed by atoms with E-state index in [1.807, 2.05) is 30.0 Å². The molecule has 0 bridgehead atoms. The summed E-state index contributed by atoms with van der Waals surface area (Å²) in [5.74, 6) is -0.803. The fourth-order valence-corrected chi connectivity index (χ4v) is 3.96. The smallest absolute Gasteiger partial charge is 0.317 e. The Morgan fingerprint density at radius 2 is 1.78 bits per heavy atom. The molecule has 1 aliphatic carbocycles. The Hall–Kier alpha value is -2.08. The lowest BCUT2D eigenvalue weighted by Gasteiger charge is -2.42. The molecular formula is C21H33N3O3. The highest BCUT2D eigenvalue weighted by molar-refractivity contribution is 5.74. The molecule has 1 aromatic carbocycles. The Kier molecular flexibility index (Phi) is 7.66. The van der Waals surface area contributed by atoms with E-state index >= 15 is 0 Å². The molecule has 0 heterocycles. The molecule has 1 aliphatic rings. The molecule has 6 nitrogen and oxygen atoms in total. The summed E-state index contributed by atoms with van der Waals surface area (Å²) in [6.45, 7) is 7.67. The van der Waals surface area contributed by atoms with Gasteiger partial charge in [0, 0.05) is 24.0 Å². The van der Waals surface area contributed by atoms with Crippen molar-refractivity contribution in [3.05, 3.63) is 35.9 Å². The Balaban J connectivity index is 1.82. The number of carbonyl (C=O) groups excluding carboxylic acids is 1. The summed E-state index contributed by atoms with van der Waals surface area (Å²) in [5.41, 5.74) is 1.20. The van der Waals surface area contributed by atoms with Gasteiger partial charge in [-0.1, -0.05) is 51.1 Å². The van der Waals surface area contributed by atoms with Gasteiger partial charge in [0.1, 0.15) is 0 Å². The normalized spacial score (nSPS) is 19.4. The third-order valence-electron chi connectivity index (χ3n) is 6.04. The highest BCUT2D eigenvalue weighted by Gasteiger charge is 2.35. The lowest BCUT2D eigenvalue weighted by atomic mass is 9.76. The maximum Gasteiger partial charge on any atom is 0.317 e. The van der Waals surface area contributed by atoms with Crippen LogP contribution in [0, 0.1) is 0 Å². The number of hydrogen-bond acceptors (Lipinski definition) is 3. The highest BCUT2D eigenvalue weighted by Crippen LogP contribution is 2.31. The van der Waals surface area contributed by atoms with Crippen molar-refractivity contribution in [2.75, 3.05) is 19.6 Å². The van der Waals surface area contributed by atoms with E-state index in [-0.39, 0.29) is 30.1 Å². The zero-order valence-electron chi connectivity index (χ0n) is 16.7. The number of carboxylic acids is 1. The number of nitrogens with zero attached hydrogens (tertiary/aromatic N) is 1. The molecule has 6 heteroatoms. The molecule has 0 aliphatic heterocycles. The minimum absolute atomic E-state index is 0.0543. The molecule has 0 unspecified atom stereocenters. The van der Waals surface area contributed by atoms with Crippen molar-refractivity contribution in [3.63, 3.8) is 0 Å². The highest BCUT2D eigenvalue weighted by atomic mass is 16.4. The van der Waals surface area contributed by atoms with Crippen LogP contribution in [0.5, 0.6) is 0 Å². The fourth-order valence-electron chi connectivity index (χ4n) is 3.96. The maximum absolute atomic E-state index is 12.3. The zero-order valence-corrected chi connectivity index (χ0v) is 16.7. The summed E-state index contributed by atoms with van der Waals surface area (Å²) in [5, 5.41) is 15.0. The van der Waals surface area contributed by atoms with Gasteiger partial charge in [0.2, 0.25) is 0 Å². The van der Waals surface area contributed by atoms with Crippen LogP contribution in [0.2, 0.25) is 0 Å². The molecular weight excluding hydrogens is 342 g/mol. The van der Waals surface area contributed by atoms with Crippen molar-refractivity contribution in [1.82, 2.24) is 15.5 Å². The van der Waals surface area contributed by atoms with E-state index in [0.29, 0.717) is 13.1 Å². The Bertz CT molecular complexity index is 610. The molecule has 150 valence electrons. The van der Waals surface area contributed by atoms with Crippen LogP contribution in [0.3, 0.4) is 0 Å². The lowest BCUT2D eigenvalue weighted by Crippen LogP contribution is -2.57. The molecule has 2 amide bonds. The standard InChI is InChI=1S/C21H33N3O3/c1-4-21(5-2,16-10-8-7-9-11-16)15-22-20(27)23-17-12-18(13-17)24(6-3)14-19(25)26/h7-11,17-18H,4-6,12-15H2,1-3H3,(H,25,26)(H2,22,23,27). The molecule has 27 heavy (non-hydrogen) atoms. The van der Waals surface area contributed by atoms with Crippen LogP contribution in [0.4, 0.5) is 4.79 Å². The summed E-state index contributed by atoms with van der Waals surface area (Å²) >= 11 is 0. The number of likely N-dealkylation sites (N-methyl/N-ethyl adjacent to an activating group) is 1. The number of urea groups is 1. The summed E-state index contributed by atoms with van der Waals surface area (Å²) < 4.78 is 0. The van der Waals surface area contributed by atoms with Crippen LogP contribution in [-0.4, -0.2) is 53.7 Å². The van der Waals surface area contributed by atoms with Gasteiger partial charge in [-0.25, -0.2) is 4.79 Å². The fraction of sp³-hybridized carbons (Fsp3) is 0.619. The van der Waals surface area contributed by atoms with Crippen molar-refractivity contribution in [2.45, 2.75) is 64.0 Å². The molecule has 0 saturated heterocycles. The number of rotatable bonds is 10. The van der Waals surface area contributed by atoms with Gasteiger partial charge in [-0.15, -0.1) is 0 Å².